The molecule has 0 spiro atoms. The normalized spacial score (nSPS) is 12.5. The van der Waals surface area contributed by atoms with Gasteiger partial charge in [-0.2, -0.15) is 26.3 Å². The molecule has 1 aromatic carbocycles. The van der Waals surface area contributed by atoms with Crippen LogP contribution in [-0.4, -0.2) is 19.9 Å². The number of imidazole rings is 1. The number of aromatic amines is 1. The first-order valence-electron chi connectivity index (χ1n) is 8.29. The first-order valence-corrected chi connectivity index (χ1v) is 8.67. The third-order valence-electron chi connectivity index (χ3n) is 4.27. The van der Waals surface area contributed by atoms with Crippen LogP contribution < -0.4 is 0 Å². The minimum atomic E-state index is -4.71. The molecule has 0 aliphatic heterocycles. The van der Waals surface area contributed by atoms with E-state index in [-0.39, 0.29) is 28.3 Å². The molecule has 0 bridgehead atoms. The summed E-state index contributed by atoms with van der Waals surface area (Å²) in [6.45, 7) is 0. The van der Waals surface area contributed by atoms with E-state index in [4.69, 9.17) is 11.6 Å². The number of H-pyrrole nitrogens is 1. The molecule has 1 N–H and O–H groups in total. The second-order valence-electron chi connectivity index (χ2n) is 6.26. The fourth-order valence-electron chi connectivity index (χ4n) is 2.91. The molecule has 0 saturated heterocycles. The second kappa shape index (κ2) is 6.98. The zero-order valence-corrected chi connectivity index (χ0v) is 15.4. The lowest BCUT2D eigenvalue weighted by atomic mass is 10.1. The van der Waals surface area contributed by atoms with Crippen molar-refractivity contribution in [2.24, 2.45) is 0 Å². The van der Waals surface area contributed by atoms with Crippen molar-refractivity contribution >= 4 is 22.6 Å². The third kappa shape index (κ3) is 3.70. The Morgan fingerprint density at radius 2 is 1.63 bits per heavy atom. The molecule has 0 saturated carbocycles. The number of rotatable bonds is 2. The molecule has 0 amide bonds. The Labute approximate surface area is 169 Å². The maximum absolute atomic E-state index is 13.3. The third-order valence-corrected chi connectivity index (χ3v) is 4.59. The number of hydrogen-bond donors (Lipinski definition) is 1. The van der Waals surface area contributed by atoms with E-state index < -0.39 is 28.5 Å². The van der Waals surface area contributed by atoms with Gasteiger partial charge in [-0.25, -0.2) is 4.98 Å². The Morgan fingerprint density at radius 1 is 0.867 bits per heavy atom. The second-order valence-corrected chi connectivity index (χ2v) is 6.67. The van der Waals surface area contributed by atoms with Crippen molar-refractivity contribution in [3.05, 3.63) is 64.9 Å². The summed E-state index contributed by atoms with van der Waals surface area (Å²) in [5, 5.41) is -0.491. The predicted molar refractivity (Wildman–Crippen MR) is 97.6 cm³/mol. The first kappa shape index (κ1) is 20.1. The quantitative estimate of drug-likeness (QED) is 0.367. The summed E-state index contributed by atoms with van der Waals surface area (Å²) in [5.74, 6) is 0.172. The molecule has 3 aromatic heterocycles. The van der Waals surface area contributed by atoms with E-state index in [0.717, 1.165) is 30.6 Å². The number of halogens is 7. The summed E-state index contributed by atoms with van der Waals surface area (Å²) < 4.78 is 78.6. The average molecular weight is 443 g/mol. The molecule has 30 heavy (non-hydrogen) atoms. The summed E-state index contributed by atoms with van der Waals surface area (Å²) in [6, 6.07) is 6.83. The molecular formula is C19H9ClF6N4. The number of nitrogens with one attached hydrogen (secondary N) is 1. The highest BCUT2D eigenvalue weighted by Crippen LogP contribution is 2.40. The van der Waals surface area contributed by atoms with Gasteiger partial charge < -0.3 is 4.98 Å². The highest BCUT2D eigenvalue weighted by molar-refractivity contribution is 6.31. The highest BCUT2D eigenvalue weighted by atomic mass is 35.5. The molecule has 0 fully saturated rings. The van der Waals surface area contributed by atoms with Gasteiger partial charge >= 0.3 is 12.4 Å². The Balaban J connectivity index is 1.72. The van der Waals surface area contributed by atoms with Gasteiger partial charge in [0.15, 0.2) is 5.82 Å². The van der Waals surface area contributed by atoms with Crippen molar-refractivity contribution in [2.75, 3.05) is 0 Å². The number of fused-ring (bicyclic) bond motifs is 1. The monoisotopic (exact) mass is 442 g/mol. The molecule has 4 rings (SSSR count). The van der Waals surface area contributed by atoms with Crippen LogP contribution >= 0.6 is 11.6 Å². The van der Waals surface area contributed by atoms with E-state index in [1.165, 1.54) is 18.2 Å². The molecule has 11 heteroatoms. The van der Waals surface area contributed by atoms with Gasteiger partial charge in [-0.1, -0.05) is 11.6 Å². The molecular weight excluding hydrogens is 434 g/mol. The number of benzene rings is 1. The largest absolute Gasteiger partial charge is 0.419 e. The average Bonchev–Trinajstić information content (AvgIpc) is 3.09. The number of pyridine rings is 2. The van der Waals surface area contributed by atoms with E-state index in [9.17, 15) is 26.3 Å². The number of nitrogens with zero attached hydrogens (tertiary/aromatic N) is 3. The van der Waals surface area contributed by atoms with Crippen molar-refractivity contribution in [1.82, 2.24) is 19.9 Å². The SMILES string of the molecule is FC(F)(F)c1ccc2nc(-c3ccc(-c4nccc(Cl)c4C(F)(F)F)cn3)[nH]c2c1. The number of aromatic nitrogens is 4. The molecule has 0 unspecified atom stereocenters. The van der Waals surface area contributed by atoms with Crippen molar-refractivity contribution in [2.45, 2.75) is 12.4 Å². The molecule has 0 radical (unpaired) electrons. The minimum absolute atomic E-state index is 0.0732. The van der Waals surface area contributed by atoms with Gasteiger partial charge in [0.25, 0.3) is 0 Å². The molecule has 0 atom stereocenters. The molecule has 3 heterocycles. The van der Waals surface area contributed by atoms with Gasteiger partial charge in [-0.15, -0.1) is 0 Å². The molecule has 4 nitrogen and oxygen atoms in total. The Hall–Kier alpha value is -3.14. The molecule has 0 aliphatic carbocycles. The van der Waals surface area contributed by atoms with E-state index in [1.54, 1.807) is 0 Å². The van der Waals surface area contributed by atoms with Gasteiger partial charge in [-0.05, 0) is 36.4 Å². The van der Waals surface area contributed by atoms with E-state index >= 15 is 0 Å². The summed E-state index contributed by atoms with van der Waals surface area (Å²) >= 11 is 5.71. The van der Waals surface area contributed by atoms with E-state index in [2.05, 4.69) is 19.9 Å². The Morgan fingerprint density at radius 3 is 2.27 bits per heavy atom. The Kier molecular flexibility index (Phi) is 4.69. The van der Waals surface area contributed by atoms with Crippen LogP contribution in [0.3, 0.4) is 0 Å². The van der Waals surface area contributed by atoms with Crippen molar-refractivity contribution < 1.29 is 26.3 Å². The lowest BCUT2D eigenvalue weighted by Crippen LogP contribution is -2.09. The molecule has 4 aromatic rings. The summed E-state index contributed by atoms with van der Waals surface area (Å²) in [7, 11) is 0. The Bertz CT molecular complexity index is 1230. The van der Waals surface area contributed by atoms with Crippen LogP contribution in [0.1, 0.15) is 11.1 Å². The van der Waals surface area contributed by atoms with Gasteiger partial charge in [0.05, 0.1) is 27.3 Å². The van der Waals surface area contributed by atoms with Crippen molar-refractivity contribution in [3.63, 3.8) is 0 Å². The number of alkyl halides is 6. The standard InChI is InChI=1S/C19H9ClF6N4/c20-11-5-6-27-16(15(11)19(24,25)26)9-1-3-13(28-8-9)17-29-12-4-2-10(18(21,22)23)7-14(12)30-17/h1-8H,(H,29,30). The van der Waals surface area contributed by atoms with Crippen molar-refractivity contribution in [3.8, 4) is 22.8 Å². The van der Waals surface area contributed by atoms with Crippen LogP contribution in [0.25, 0.3) is 33.8 Å². The zero-order chi connectivity index (χ0) is 21.7. The zero-order valence-electron chi connectivity index (χ0n) is 14.6. The van der Waals surface area contributed by atoms with Crippen LogP contribution in [0.15, 0.2) is 48.8 Å². The van der Waals surface area contributed by atoms with Gasteiger partial charge in [0.1, 0.15) is 11.3 Å². The maximum atomic E-state index is 13.3. The minimum Gasteiger partial charge on any atom is -0.337 e. The number of hydrogen-bond acceptors (Lipinski definition) is 3. The predicted octanol–water partition coefficient (Wildman–Crippen LogP) is 6.38. The first-order chi connectivity index (χ1) is 14.0. The smallest absolute Gasteiger partial charge is 0.337 e. The van der Waals surface area contributed by atoms with Crippen LogP contribution in [0.5, 0.6) is 0 Å². The fraction of sp³-hybridized carbons (Fsp3) is 0.105. The molecule has 0 aliphatic rings. The van der Waals surface area contributed by atoms with Gasteiger partial charge in [-0.3, -0.25) is 9.97 Å². The summed E-state index contributed by atoms with van der Waals surface area (Å²) in [4.78, 5) is 14.8. The van der Waals surface area contributed by atoms with Crippen LogP contribution in [0.4, 0.5) is 26.3 Å². The van der Waals surface area contributed by atoms with Gasteiger partial charge in [0, 0.05) is 18.0 Å². The van der Waals surface area contributed by atoms with Crippen LogP contribution in [0, 0.1) is 0 Å². The summed E-state index contributed by atoms with van der Waals surface area (Å²) in [5.41, 5.74) is -1.54. The summed E-state index contributed by atoms with van der Waals surface area (Å²) in [6.07, 6.45) is -6.90. The van der Waals surface area contributed by atoms with Crippen LogP contribution in [0.2, 0.25) is 5.02 Å². The highest BCUT2D eigenvalue weighted by Gasteiger charge is 2.37. The van der Waals surface area contributed by atoms with Crippen LogP contribution in [-0.2, 0) is 12.4 Å². The topological polar surface area (TPSA) is 54.5 Å². The van der Waals surface area contributed by atoms with E-state index in [1.807, 2.05) is 0 Å². The molecule has 154 valence electrons. The maximum Gasteiger partial charge on any atom is 0.419 e. The lowest BCUT2D eigenvalue weighted by molar-refractivity contribution is -0.138. The van der Waals surface area contributed by atoms with E-state index in [0.29, 0.717) is 5.52 Å². The fourth-order valence-corrected chi connectivity index (χ4v) is 3.16. The lowest BCUT2D eigenvalue weighted by Gasteiger charge is -2.13. The van der Waals surface area contributed by atoms with Crippen molar-refractivity contribution in [1.29, 1.82) is 0 Å². The van der Waals surface area contributed by atoms with Gasteiger partial charge in [0.2, 0.25) is 0 Å².